The molecule has 0 saturated heterocycles. The van der Waals surface area contributed by atoms with Gasteiger partial charge in [0.05, 0.1) is 12.6 Å². The van der Waals surface area contributed by atoms with Gasteiger partial charge in [-0.15, -0.1) is 0 Å². The van der Waals surface area contributed by atoms with E-state index in [4.69, 9.17) is 16.3 Å². The number of halogens is 1. The molecule has 1 unspecified atom stereocenters. The molecule has 0 saturated carbocycles. The van der Waals surface area contributed by atoms with E-state index in [1.807, 2.05) is 6.07 Å². The van der Waals surface area contributed by atoms with Crippen LogP contribution >= 0.6 is 11.6 Å². The van der Waals surface area contributed by atoms with Crippen molar-refractivity contribution in [1.82, 2.24) is 14.5 Å². The Morgan fingerprint density at radius 3 is 2.41 bits per heavy atom. The van der Waals surface area contributed by atoms with Crippen molar-refractivity contribution in [2.24, 2.45) is 7.05 Å². The maximum Gasteiger partial charge on any atom is 0.355 e. The van der Waals surface area contributed by atoms with Crippen molar-refractivity contribution in [3.05, 3.63) is 87.5 Å². The molecule has 8 heteroatoms. The molecule has 1 atom stereocenters. The van der Waals surface area contributed by atoms with Crippen molar-refractivity contribution in [1.29, 1.82) is 0 Å². The maximum atomic E-state index is 13.8. The predicted octanol–water partition coefficient (Wildman–Crippen LogP) is 4.78. The number of hydrogen-bond donors (Lipinski definition) is 0. The van der Waals surface area contributed by atoms with Crippen LogP contribution in [0.3, 0.4) is 0 Å². The molecule has 0 radical (unpaired) electrons. The van der Waals surface area contributed by atoms with Gasteiger partial charge in [-0.05, 0) is 69.2 Å². The molecule has 1 aromatic carbocycles. The molecule has 0 spiro atoms. The number of rotatable bonds is 8. The Hall–Kier alpha value is -3.45. The summed E-state index contributed by atoms with van der Waals surface area (Å²) in [6.07, 6.45) is 3.31. The van der Waals surface area contributed by atoms with Crippen molar-refractivity contribution in [3.8, 4) is 0 Å². The second-order valence-corrected chi connectivity index (χ2v) is 8.49. The molecule has 0 aliphatic rings. The van der Waals surface area contributed by atoms with Crippen molar-refractivity contribution in [2.45, 2.75) is 40.3 Å². The van der Waals surface area contributed by atoms with Crippen LogP contribution in [0.5, 0.6) is 0 Å². The van der Waals surface area contributed by atoms with Gasteiger partial charge in [-0.3, -0.25) is 14.6 Å². The van der Waals surface area contributed by atoms with Crippen LogP contribution in [0.15, 0.2) is 48.8 Å². The molecule has 0 fully saturated rings. The average Bonchev–Trinajstić information content (AvgIpc) is 3.05. The summed E-state index contributed by atoms with van der Waals surface area (Å²) in [5.74, 6) is -1.05. The number of pyridine rings is 1. The number of ether oxygens (including phenoxy) is 1. The zero-order valence-corrected chi connectivity index (χ0v) is 20.7. The van der Waals surface area contributed by atoms with Gasteiger partial charge in [-0.25, -0.2) is 4.79 Å². The van der Waals surface area contributed by atoms with Crippen molar-refractivity contribution in [2.75, 3.05) is 6.61 Å². The number of ketones is 1. The van der Waals surface area contributed by atoms with E-state index >= 15 is 0 Å². The van der Waals surface area contributed by atoms with Gasteiger partial charge in [0.1, 0.15) is 5.69 Å². The van der Waals surface area contributed by atoms with Crippen molar-refractivity contribution in [3.63, 3.8) is 0 Å². The summed E-state index contributed by atoms with van der Waals surface area (Å²) in [7, 11) is 1.72. The lowest BCUT2D eigenvalue weighted by Crippen LogP contribution is -2.43. The molecular formula is C26H28ClN3O4. The van der Waals surface area contributed by atoms with Gasteiger partial charge >= 0.3 is 5.97 Å². The SMILES string of the molecule is CCOC(=O)c1c(C)c(C(=O)C(C)N(Cc2cccnc2)C(=O)c2ccc(Cl)cc2)c(C)n1C. The Morgan fingerprint density at radius 1 is 1.15 bits per heavy atom. The van der Waals surface area contributed by atoms with Crippen LogP contribution in [-0.2, 0) is 18.3 Å². The fraction of sp³-hybridized carbons (Fsp3) is 0.308. The third-order valence-electron chi connectivity index (χ3n) is 5.92. The summed E-state index contributed by atoms with van der Waals surface area (Å²) in [6.45, 7) is 7.36. The van der Waals surface area contributed by atoms with Gasteiger partial charge in [0.2, 0.25) is 0 Å². The zero-order valence-electron chi connectivity index (χ0n) is 20.0. The predicted molar refractivity (Wildman–Crippen MR) is 130 cm³/mol. The van der Waals surface area contributed by atoms with Crippen LogP contribution < -0.4 is 0 Å². The smallest absolute Gasteiger partial charge is 0.355 e. The van der Waals surface area contributed by atoms with Gasteiger partial charge in [-0.2, -0.15) is 0 Å². The van der Waals surface area contributed by atoms with Crippen LogP contribution in [0, 0.1) is 13.8 Å². The minimum absolute atomic E-state index is 0.192. The Balaban J connectivity index is 2.02. The monoisotopic (exact) mass is 481 g/mol. The number of benzene rings is 1. The normalized spacial score (nSPS) is 11.7. The van der Waals surface area contributed by atoms with E-state index in [1.54, 1.807) is 82.0 Å². The van der Waals surface area contributed by atoms with Crippen LogP contribution in [0.2, 0.25) is 5.02 Å². The molecular weight excluding hydrogens is 454 g/mol. The van der Waals surface area contributed by atoms with Crippen LogP contribution in [0.4, 0.5) is 0 Å². The Labute approximate surface area is 204 Å². The third kappa shape index (κ3) is 5.04. The van der Waals surface area contributed by atoms with E-state index in [-0.39, 0.29) is 24.8 Å². The fourth-order valence-corrected chi connectivity index (χ4v) is 4.14. The number of Topliss-reactive ketones (excluding diaryl/α,β-unsaturated/α-hetero) is 1. The lowest BCUT2D eigenvalue weighted by Gasteiger charge is -2.29. The molecule has 0 N–H and O–H groups in total. The molecule has 0 bridgehead atoms. The van der Waals surface area contributed by atoms with Gasteiger partial charge in [-0.1, -0.05) is 17.7 Å². The second kappa shape index (κ2) is 10.7. The number of amides is 1. The standard InChI is InChI=1S/C26H28ClN3O4/c1-6-34-26(33)23-16(2)22(17(3)29(23)5)24(31)18(4)30(15-19-8-7-13-28-14-19)25(32)20-9-11-21(27)12-10-20/h7-14,18H,6,15H2,1-5H3. The van der Waals surface area contributed by atoms with Crippen LogP contribution in [0.25, 0.3) is 0 Å². The number of carbonyl (C=O) groups excluding carboxylic acids is 3. The number of aromatic nitrogens is 2. The molecule has 3 rings (SSSR count). The van der Waals surface area contributed by atoms with Crippen molar-refractivity contribution < 1.29 is 19.1 Å². The zero-order chi connectivity index (χ0) is 25.0. The fourth-order valence-electron chi connectivity index (χ4n) is 4.01. The molecule has 34 heavy (non-hydrogen) atoms. The number of carbonyl (C=O) groups is 3. The molecule has 2 heterocycles. The highest BCUT2D eigenvalue weighted by atomic mass is 35.5. The molecule has 7 nitrogen and oxygen atoms in total. The van der Waals surface area contributed by atoms with Crippen LogP contribution in [-0.4, -0.2) is 44.8 Å². The van der Waals surface area contributed by atoms with Gasteiger partial charge < -0.3 is 14.2 Å². The molecule has 1 amide bonds. The first kappa shape index (κ1) is 25.2. The first-order valence-electron chi connectivity index (χ1n) is 11.0. The second-order valence-electron chi connectivity index (χ2n) is 8.05. The average molecular weight is 482 g/mol. The highest BCUT2D eigenvalue weighted by Gasteiger charge is 2.33. The molecule has 178 valence electrons. The number of esters is 1. The van der Waals surface area contributed by atoms with Gasteiger partial charge in [0.15, 0.2) is 5.78 Å². The Kier molecular flexibility index (Phi) is 7.89. The van der Waals surface area contributed by atoms with E-state index in [2.05, 4.69) is 4.98 Å². The lowest BCUT2D eigenvalue weighted by atomic mass is 9.99. The quantitative estimate of drug-likeness (QED) is 0.341. The lowest BCUT2D eigenvalue weighted by molar-refractivity contribution is 0.0513. The molecule has 0 aliphatic heterocycles. The highest BCUT2D eigenvalue weighted by Crippen LogP contribution is 2.26. The minimum atomic E-state index is -0.807. The third-order valence-corrected chi connectivity index (χ3v) is 6.17. The molecule has 3 aromatic rings. The topological polar surface area (TPSA) is 81.5 Å². The number of nitrogens with zero attached hydrogens (tertiary/aromatic N) is 3. The van der Waals surface area contributed by atoms with E-state index in [0.717, 1.165) is 5.56 Å². The summed E-state index contributed by atoms with van der Waals surface area (Å²) in [5.41, 5.74) is 3.13. The van der Waals surface area contributed by atoms with Crippen molar-refractivity contribution >= 4 is 29.3 Å². The van der Waals surface area contributed by atoms with Crippen LogP contribution in [0.1, 0.15) is 61.9 Å². The Morgan fingerprint density at radius 2 is 1.82 bits per heavy atom. The van der Waals surface area contributed by atoms with E-state index in [0.29, 0.717) is 33.1 Å². The maximum absolute atomic E-state index is 13.8. The highest BCUT2D eigenvalue weighted by molar-refractivity contribution is 6.30. The Bertz CT molecular complexity index is 1200. The summed E-state index contributed by atoms with van der Waals surface area (Å²) < 4.78 is 6.84. The summed E-state index contributed by atoms with van der Waals surface area (Å²) >= 11 is 5.99. The summed E-state index contributed by atoms with van der Waals surface area (Å²) in [5, 5.41) is 0.515. The summed E-state index contributed by atoms with van der Waals surface area (Å²) in [4.78, 5) is 45.4. The number of hydrogen-bond acceptors (Lipinski definition) is 5. The molecule has 0 aliphatic carbocycles. The van der Waals surface area contributed by atoms with E-state index < -0.39 is 12.0 Å². The largest absolute Gasteiger partial charge is 0.461 e. The summed E-state index contributed by atoms with van der Waals surface area (Å²) in [6, 6.07) is 9.37. The van der Waals surface area contributed by atoms with Gasteiger partial charge in [0.25, 0.3) is 5.91 Å². The first-order valence-corrected chi connectivity index (χ1v) is 11.4. The van der Waals surface area contributed by atoms with E-state index in [9.17, 15) is 14.4 Å². The van der Waals surface area contributed by atoms with E-state index in [1.165, 1.54) is 4.90 Å². The minimum Gasteiger partial charge on any atom is -0.461 e. The first-order chi connectivity index (χ1) is 16.2. The molecule has 2 aromatic heterocycles. The van der Waals surface area contributed by atoms with Gasteiger partial charge in [0, 0.05) is 47.8 Å².